The minimum absolute atomic E-state index is 0.160. The molecule has 3 aromatic carbocycles. The van der Waals surface area contributed by atoms with Gasteiger partial charge < -0.3 is 25.6 Å². The van der Waals surface area contributed by atoms with Gasteiger partial charge in [0.05, 0.1) is 18.4 Å². The fourth-order valence-corrected chi connectivity index (χ4v) is 4.49. The summed E-state index contributed by atoms with van der Waals surface area (Å²) in [6.07, 6.45) is 0. The van der Waals surface area contributed by atoms with E-state index in [1.165, 1.54) is 12.7 Å². The minimum Gasteiger partial charge on any atom is -0.467 e. The summed E-state index contributed by atoms with van der Waals surface area (Å²) >= 11 is 0. The fourth-order valence-electron chi connectivity index (χ4n) is 4.49. The average molecular weight is 527 g/mol. The molecule has 39 heavy (non-hydrogen) atoms. The van der Waals surface area contributed by atoms with Gasteiger partial charge in [-0.15, -0.1) is 0 Å². The number of nitrogens with one attached hydrogen (secondary N) is 3. The van der Waals surface area contributed by atoms with Crippen molar-refractivity contribution in [3.8, 4) is 0 Å². The molecule has 0 radical (unpaired) electrons. The van der Waals surface area contributed by atoms with Crippen LogP contribution in [0.1, 0.15) is 40.9 Å². The van der Waals surface area contributed by atoms with Gasteiger partial charge >= 0.3 is 5.97 Å². The summed E-state index contributed by atoms with van der Waals surface area (Å²) in [7, 11) is 5.34. The van der Waals surface area contributed by atoms with Gasteiger partial charge in [-0.1, -0.05) is 56.3 Å². The Morgan fingerprint density at radius 1 is 0.949 bits per heavy atom. The van der Waals surface area contributed by atoms with Gasteiger partial charge in [0.2, 0.25) is 0 Å². The molecule has 1 aliphatic heterocycles. The number of esters is 1. The second kappa shape index (κ2) is 12.0. The molecule has 1 atom stereocenters. The molecule has 4 rings (SSSR count). The zero-order valence-electron chi connectivity index (χ0n) is 22.9. The van der Waals surface area contributed by atoms with E-state index in [1.807, 2.05) is 82.5 Å². The molecule has 1 heterocycles. The topological polar surface area (TPSA) is 99.8 Å². The maximum atomic E-state index is 13.3. The molecule has 1 unspecified atom stereocenters. The molecular weight excluding hydrogens is 492 g/mol. The molecule has 3 aromatic rings. The molecule has 1 aliphatic rings. The normalized spacial score (nSPS) is 14.5. The third-order valence-electron chi connectivity index (χ3n) is 6.47. The molecule has 0 aliphatic carbocycles. The maximum absolute atomic E-state index is 13.3. The number of carbonyl (C=O) groups excluding carboxylic acids is 3. The van der Waals surface area contributed by atoms with Gasteiger partial charge in [-0.3, -0.25) is 9.59 Å². The number of anilines is 2. The van der Waals surface area contributed by atoms with Gasteiger partial charge in [-0.25, -0.2) is 4.79 Å². The Morgan fingerprint density at radius 3 is 2.26 bits per heavy atom. The lowest BCUT2D eigenvalue weighted by Crippen LogP contribution is -2.45. The Kier molecular flexibility index (Phi) is 8.46. The van der Waals surface area contributed by atoms with Crippen LogP contribution < -0.4 is 16.0 Å². The highest BCUT2D eigenvalue weighted by Crippen LogP contribution is 2.38. The summed E-state index contributed by atoms with van der Waals surface area (Å²) in [5.74, 6) is -1.37. The maximum Gasteiger partial charge on any atom is 0.328 e. The van der Waals surface area contributed by atoms with Crippen LogP contribution in [-0.2, 0) is 20.9 Å². The van der Waals surface area contributed by atoms with Crippen LogP contribution in [0.3, 0.4) is 0 Å². The lowest BCUT2D eigenvalue weighted by molar-refractivity contribution is -0.144. The Balaban J connectivity index is 1.74. The van der Waals surface area contributed by atoms with Crippen LogP contribution in [0.5, 0.6) is 0 Å². The molecule has 8 nitrogen and oxygen atoms in total. The first kappa shape index (κ1) is 27.6. The minimum atomic E-state index is -0.789. The molecule has 0 spiro atoms. The van der Waals surface area contributed by atoms with Crippen molar-refractivity contribution >= 4 is 40.4 Å². The Bertz CT molecular complexity index is 1400. The van der Waals surface area contributed by atoms with Crippen molar-refractivity contribution in [3.63, 3.8) is 0 Å². The zero-order chi connectivity index (χ0) is 28.1. The van der Waals surface area contributed by atoms with Crippen molar-refractivity contribution in [1.82, 2.24) is 10.2 Å². The van der Waals surface area contributed by atoms with Gasteiger partial charge in [0.1, 0.15) is 6.04 Å². The average Bonchev–Trinajstić information content (AvgIpc) is 3.25. The Hall–Kier alpha value is -4.43. The molecule has 0 fully saturated rings. The highest BCUT2D eigenvalue weighted by molar-refractivity contribution is 6.37. The third-order valence-corrected chi connectivity index (χ3v) is 6.47. The molecule has 2 amide bonds. The zero-order valence-corrected chi connectivity index (χ0v) is 22.9. The molecule has 0 aromatic heterocycles. The van der Waals surface area contributed by atoms with Gasteiger partial charge in [-0.05, 0) is 61.5 Å². The number of benzene rings is 3. The van der Waals surface area contributed by atoms with E-state index in [2.05, 4.69) is 20.9 Å². The molecule has 0 saturated carbocycles. The number of carbonyl (C=O) groups is 3. The first-order valence-corrected chi connectivity index (χ1v) is 12.8. The summed E-state index contributed by atoms with van der Waals surface area (Å²) in [5, 5.41) is 9.14. The van der Waals surface area contributed by atoms with E-state index in [-0.39, 0.29) is 11.8 Å². The summed E-state index contributed by atoms with van der Waals surface area (Å²) in [6.45, 7) is 4.48. The number of hydrogen-bond donors (Lipinski definition) is 3. The third kappa shape index (κ3) is 6.35. The number of rotatable bonds is 9. The van der Waals surface area contributed by atoms with Crippen LogP contribution in [0, 0.1) is 5.92 Å². The second-order valence-corrected chi connectivity index (χ2v) is 10.1. The quantitative estimate of drug-likeness (QED) is 0.278. The van der Waals surface area contributed by atoms with Crippen molar-refractivity contribution in [3.05, 3.63) is 95.1 Å². The highest BCUT2D eigenvalue weighted by atomic mass is 16.5. The smallest absolute Gasteiger partial charge is 0.328 e. The number of nitrogens with zero attached hydrogens (tertiary/aromatic N) is 1. The van der Waals surface area contributed by atoms with Crippen molar-refractivity contribution in [1.29, 1.82) is 0 Å². The van der Waals surface area contributed by atoms with E-state index in [4.69, 9.17) is 4.74 Å². The van der Waals surface area contributed by atoms with Crippen LogP contribution in [0.15, 0.2) is 72.8 Å². The van der Waals surface area contributed by atoms with E-state index < -0.39 is 17.9 Å². The molecular formula is C31H34N4O4. The van der Waals surface area contributed by atoms with Crippen molar-refractivity contribution in [2.24, 2.45) is 5.92 Å². The number of methoxy groups -OCH3 is 1. The van der Waals surface area contributed by atoms with E-state index in [1.54, 1.807) is 18.2 Å². The van der Waals surface area contributed by atoms with E-state index >= 15 is 0 Å². The predicted molar refractivity (Wildman–Crippen MR) is 154 cm³/mol. The Morgan fingerprint density at radius 2 is 1.64 bits per heavy atom. The van der Waals surface area contributed by atoms with Crippen LogP contribution in [0.4, 0.5) is 11.4 Å². The summed E-state index contributed by atoms with van der Waals surface area (Å²) in [6, 6.07) is 21.9. The van der Waals surface area contributed by atoms with Crippen molar-refractivity contribution < 1.29 is 19.1 Å². The van der Waals surface area contributed by atoms with E-state index in [9.17, 15) is 14.4 Å². The lowest BCUT2D eigenvalue weighted by atomic mass is 9.97. The van der Waals surface area contributed by atoms with Gasteiger partial charge in [0.15, 0.2) is 0 Å². The van der Waals surface area contributed by atoms with E-state index in [0.717, 1.165) is 17.8 Å². The molecule has 0 bridgehead atoms. The fraction of sp³-hybridized carbons (Fsp3) is 0.258. The lowest BCUT2D eigenvalue weighted by Gasteiger charge is -2.20. The van der Waals surface area contributed by atoms with Crippen LogP contribution in [-0.4, -0.2) is 49.9 Å². The second-order valence-electron chi connectivity index (χ2n) is 10.1. The Labute approximate surface area is 229 Å². The standard InChI is InChI=1S/C31H34N4O4/c1-19(2)27(31(38)39-5)34-29(36)22-13-16-25-24(17-22)26(30(37)33-25)28(21-9-7-6-8-10-21)32-23-14-11-20(12-15-23)18-35(3)4/h6-17,19,27,32H,18H2,1-5H3,(H,33,37)(H,34,36)/b28-26-. The summed E-state index contributed by atoms with van der Waals surface area (Å²) in [4.78, 5) is 40.7. The predicted octanol–water partition coefficient (Wildman–Crippen LogP) is 4.61. The first-order valence-electron chi connectivity index (χ1n) is 12.8. The number of amides is 2. The van der Waals surface area contributed by atoms with Crippen molar-refractivity contribution in [2.75, 3.05) is 31.8 Å². The monoisotopic (exact) mass is 526 g/mol. The summed E-state index contributed by atoms with van der Waals surface area (Å²) in [5.41, 5.74) is 5.42. The molecule has 3 N–H and O–H groups in total. The number of ether oxygens (including phenoxy) is 1. The SMILES string of the molecule is COC(=O)C(NC(=O)c1ccc2c(c1)/C(=C(/Nc1ccc(CN(C)C)cc1)c1ccccc1)C(=O)N2)C(C)C. The van der Waals surface area contributed by atoms with Gasteiger partial charge in [-0.2, -0.15) is 0 Å². The first-order chi connectivity index (χ1) is 18.7. The highest BCUT2D eigenvalue weighted by Gasteiger charge is 2.31. The van der Waals surface area contributed by atoms with Crippen molar-refractivity contribution in [2.45, 2.75) is 26.4 Å². The molecule has 8 heteroatoms. The number of fused-ring (bicyclic) bond motifs is 1. The molecule has 202 valence electrons. The molecule has 0 saturated heterocycles. The summed E-state index contributed by atoms with van der Waals surface area (Å²) < 4.78 is 4.85. The van der Waals surface area contributed by atoms with Crippen LogP contribution in [0.25, 0.3) is 11.3 Å². The van der Waals surface area contributed by atoms with Gasteiger partial charge in [0, 0.05) is 29.0 Å². The largest absolute Gasteiger partial charge is 0.467 e. The van der Waals surface area contributed by atoms with Crippen LogP contribution >= 0.6 is 0 Å². The van der Waals surface area contributed by atoms with Gasteiger partial charge in [0.25, 0.3) is 11.8 Å². The van der Waals surface area contributed by atoms with Crippen LogP contribution in [0.2, 0.25) is 0 Å². The number of hydrogen-bond acceptors (Lipinski definition) is 6. The van der Waals surface area contributed by atoms with E-state index in [0.29, 0.717) is 28.1 Å².